The molecule has 0 spiro atoms. The minimum atomic E-state index is -0.396. The number of oxazole rings is 1. The number of furan rings is 1. The lowest BCUT2D eigenvalue weighted by molar-refractivity contribution is -0.139. The number of pyridine rings is 1. The van der Waals surface area contributed by atoms with Crippen molar-refractivity contribution in [2.24, 2.45) is 0 Å². The fourth-order valence-electron chi connectivity index (χ4n) is 2.41. The zero-order valence-corrected chi connectivity index (χ0v) is 16.6. The maximum absolute atomic E-state index is 11.7. The average Bonchev–Trinajstić information content (AvgIpc) is 3.41. The van der Waals surface area contributed by atoms with E-state index in [1.54, 1.807) is 18.5 Å². The van der Waals surface area contributed by atoms with Crippen LogP contribution >= 0.6 is 22.9 Å². The van der Waals surface area contributed by atoms with Crippen molar-refractivity contribution in [1.82, 2.24) is 9.97 Å². The molecule has 0 radical (unpaired) electrons. The summed E-state index contributed by atoms with van der Waals surface area (Å²) < 4.78 is 16.5. The Kier molecular flexibility index (Phi) is 5.93. The molecule has 140 valence electrons. The van der Waals surface area contributed by atoms with Gasteiger partial charge in [0.05, 0.1) is 40.3 Å². The second kappa shape index (κ2) is 8.37. The van der Waals surface area contributed by atoms with Crippen LogP contribution in [-0.2, 0) is 16.0 Å². The molecule has 0 unspecified atom stereocenters. The molecule has 6 nitrogen and oxygen atoms in total. The van der Waals surface area contributed by atoms with Crippen LogP contribution in [0, 0.1) is 0 Å². The van der Waals surface area contributed by atoms with Crippen LogP contribution in [0.5, 0.6) is 0 Å². The number of ether oxygens (including phenoxy) is 1. The fourth-order valence-corrected chi connectivity index (χ4v) is 3.46. The zero-order chi connectivity index (χ0) is 19.4. The van der Waals surface area contributed by atoms with Crippen molar-refractivity contribution in [2.75, 3.05) is 7.11 Å². The minimum Gasteiger partial charge on any atom is -0.469 e. The normalized spacial score (nSPS) is 10.5. The highest BCUT2D eigenvalue weighted by molar-refractivity contribution is 7.19. The van der Waals surface area contributed by atoms with Gasteiger partial charge in [0.2, 0.25) is 11.6 Å². The zero-order valence-electron chi connectivity index (χ0n) is 15.0. The largest absolute Gasteiger partial charge is 0.469 e. The molecule has 4 rings (SSSR count). The first-order chi connectivity index (χ1) is 13.1. The Labute approximate surface area is 164 Å². The second-order valence-corrected chi connectivity index (χ2v) is 6.91. The lowest BCUT2D eigenvalue weighted by atomic mass is 10.2. The van der Waals surface area contributed by atoms with Crippen LogP contribution in [0.15, 0.2) is 45.6 Å². The van der Waals surface area contributed by atoms with Crippen molar-refractivity contribution < 1.29 is 18.4 Å². The van der Waals surface area contributed by atoms with Crippen LogP contribution in [0.4, 0.5) is 0 Å². The summed E-state index contributed by atoms with van der Waals surface area (Å²) >= 11 is 7.37. The number of methoxy groups -OCH3 is 1. The molecule has 0 aliphatic rings. The maximum atomic E-state index is 11.7. The highest BCUT2D eigenvalue weighted by atomic mass is 35.5. The number of aromatic nitrogens is 2. The Morgan fingerprint density at radius 1 is 1.30 bits per heavy atom. The molecule has 0 aliphatic carbocycles. The first-order valence-electron chi connectivity index (χ1n) is 8.30. The van der Waals surface area contributed by atoms with Gasteiger partial charge in [0.1, 0.15) is 0 Å². The van der Waals surface area contributed by atoms with Crippen LogP contribution in [0.1, 0.15) is 19.5 Å². The van der Waals surface area contributed by atoms with Gasteiger partial charge in [-0.2, -0.15) is 0 Å². The Morgan fingerprint density at radius 2 is 2.11 bits per heavy atom. The lowest BCUT2D eigenvalue weighted by Crippen LogP contribution is -2.05. The van der Waals surface area contributed by atoms with Crippen molar-refractivity contribution in [3.05, 3.63) is 46.8 Å². The molecular formula is C19H17ClN2O4S. The summed E-state index contributed by atoms with van der Waals surface area (Å²) in [5.41, 5.74) is 1.72. The number of halogens is 1. The molecule has 0 saturated heterocycles. The van der Waals surface area contributed by atoms with Crippen molar-refractivity contribution in [1.29, 1.82) is 0 Å². The standard InChI is InChI=1S/C17H11ClN2O4S.C2H6/c1-22-14(21)7-11-15(12-2-3-13(18)25-12)24-17(20-11)10-6-9-4-5-23-16(9)19-8-10;1-2/h2-6,8H,7H2,1H3;1-2H3. The molecule has 4 aromatic heterocycles. The average molecular weight is 405 g/mol. The Balaban J connectivity index is 0.00000102. The smallest absolute Gasteiger partial charge is 0.311 e. The van der Waals surface area contributed by atoms with E-state index in [0.29, 0.717) is 33.0 Å². The predicted molar refractivity (Wildman–Crippen MR) is 105 cm³/mol. The molecule has 4 heterocycles. The number of carbonyl (C=O) groups is 1. The van der Waals surface area contributed by atoms with E-state index in [-0.39, 0.29) is 6.42 Å². The third kappa shape index (κ3) is 4.04. The molecule has 0 atom stereocenters. The number of rotatable bonds is 4. The molecule has 0 saturated carbocycles. The van der Waals surface area contributed by atoms with Gasteiger partial charge in [-0.3, -0.25) is 4.79 Å². The predicted octanol–water partition coefficient (Wildman–Crippen LogP) is 5.61. The molecular weight excluding hydrogens is 388 g/mol. The molecule has 0 aliphatic heterocycles. The SMILES string of the molecule is CC.COC(=O)Cc1nc(-c2cnc3occc3c2)oc1-c1ccc(Cl)s1. The summed E-state index contributed by atoms with van der Waals surface area (Å²) in [6.45, 7) is 4.00. The van der Waals surface area contributed by atoms with Crippen molar-refractivity contribution in [3.63, 3.8) is 0 Å². The van der Waals surface area contributed by atoms with Gasteiger partial charge in [0.25, 0.3) is 0 Å². The van der Waals surface area contributed by atoms with Gasteiger partial charge in [0, 0.05) is 11.6 Å². The van der Waals surface area contributed by atoms with Crippen LogP contribution in [0.2, 0.25) is 4.34 Å². The highest BCUT2D eigenvalue weighted by Crippen LogP contribution is 2.36. The monoisotopic (exact) mass is 404 g/mol. The number of hydrogen-bond acceptors (Lipinski definition) is 7. The number of nitrogens with zero attached hydrogens (tertiary/aromatic N) is 2. The van der Waals surface area contributed by atoms with E-state index in [0.717, 1.165) is 10.3 Å². The van der Waals surface area contributed by atoms with Crippen LogP contribution in [-0.4, -0.2) is 23.0 Å². The van der Waals surface area contributed by atoms with E-state index >= 15 is 0 Å². The molecule has 0 N–H and O–H groups in total. The van der Waals surface area contributed by atoms with Gasteiger partial charge in [-0.25, -0.2) is 9.97 Å². The van der Waals surface area contributed by atoms with E-state index in [1.807, 2.05) is 32.0 Å². The molecule has 27 heavy (non-hydrogen) atoms. The molecule has 0 amide bonds. The number of hydrogen-bond donors (Lipinski definition) is 0. The van der Waals surface area contributed by atoms with E-state index < -0.39 is 5.97 Å². The van der Waals surface area contributed by atoms with Crippen LogP contribution in [0.25, 0.3) is 33.2 Å². The van der Waals surface area contributed by atoms with Gasteiger partial charge < -0.3 is 13.6 Å². The number of fused-ring (bicyclic) bond motifs is 1. The number of carbonyl (C=O) groups excluding carboxylic acids is 1. The summed E-state index contributed by atoms with van der Waals surface area (Å²) in [4.78, 5) is 21.2. The van der Waals surface area contributed by atoms with Gasteiger partial charge in [-0.1, -0.05) is 25.4 Å². The van der Waals surface area contributed by atoms with Gasteiger partial charge in [-0.15, -0.1) is 11.3 Å². The third-order valence-corrected chi connectivity index (χ3v) is 4.82. The maximum Gasteiger partial charge on any atom is 0.311 e. The van der Waals surface area contributed by atoms with Crippen molar-refractivity contribution in [3.8, 4) is 22.1 Å². The van der Waals surface area contributed by atoms with Gasteiger partial charge in [0.15, 0.2) is 5.76 Å². The number of thiophene rings is 1. The summed E-state index contributed by atoms with van der Waals surface area (Å²) in [5, 5.41) is 0.839. The summed E-state index contributed by atoms with van der Waals surface area (Å²) in [6, 6.07) is 7.27. The van der Waals surface area contributed by atoms with Crippen LogP contribution < -0.4 is 0 Å². The van der Waals surface area contributed by atoms with Crippen LogP contribution in [0.3, 0.4) is 0 Å². The minimum absolute atomic E-state index is 0.00619. The Bertz CT molecular complexity index is 1070. The summed E-state index contributed by atoms with van der Waals surface area (Å²) in [5.74, 6) is 0.478. The first-order valence-corrected chi connectivity index (χ1v) is 9.49. The molecule has 0 fully saturated rings. The quantitative estimate of drug-likeness (QED) is 0.411. The van der Waals surface area contributed by atoms with Gasteiger partial charge in [-0.05, 0) is 24.3 Å². The van der Waals surface area contributed by atoms with E-state index in [2.05, 4.69) is 9.97 Å². The first kappa shape index (κ1) is 19.1. The van der Waals surface area contributed by atoms with Crippen molar-refractivity contribution in [2.45, 2.75) is 20.3 Å². The van der Waals surface area contributed by atoms with E-state index in [1.165, 1.54) is 18.4 Å². The Morgan fingerprint density at radius 3 is 2.81 bits per heavy atom. The fraction of sp³-hybridized carbons (Fsp3) is 0.211. The van der Waals surface area contributed by atoms with Crippen molar-refractivity contribution >= 4 is 40.0 Å². The lowest BCUT2D eigenvalue weighted by Gasteiger charge is -1.97. The topological polar surface area (TPSA) is 78.4 Å². The summed E-state index contributed by atoms with van der Waals surface area (Å²) in [6.07, 6.45) is 3.19. The molecule has 0 aromatic carbocycles. The third-order valence-electron chi connectivity index (χ3n) is 3.59. The molecule has 0 bridgehead atoms. The second-order valence-electron chi connectivity index (χ2n) is 5.19. The highest BCUT2D eigenvalue weighted by Gasteiger charge is 2.21. The molecule has 8 heteroatoms. The van der Waals surface area contributed by atoms with E-state index in [9.17, 15) is 4.79 Å². The Hall–Kier alpha value is -2.64. The molecule has 4 aromatic rings. The summed E-state index contributed by atoms with van der Waals surface area (Å²) in [7, 11) is 1.34. The number of esters is 1. The van der Waals surface area contributed by atoms with Gasteiger partial charge >= 0.3 is 5.97 Å². The van der Waals surface area contributed by atoms with E-state index in [4.69, 9.17) is 25.2 Å².